The third kappa shape index (κ3) is 4.00. The van der Waals surface area contributed by atoms with Crippen molar-refractivity contribution in [3.05, 3.63) is 59.0 Å². The van der Waals surface area contributed by atoms with Crippen LogP contribution < -0.4 is 4.74 Å². The van der Waals surface area contributed by atoms with E-state index >= 15 is 4.39 Å². The SMILES string of the molecule is Cc1nc2ccccc2c(-c2ccc3c(c2F)CCCO3)c1[C@H](OC(C)(C)C)C(=O)O. The van der Waals surface area contributed by atoms with Crippen molar-refractivity contribution in [1.29, 1.82) is 0 Å². The molecule has 1 N–H and O–H groups in total. The van der Waals surface area contributed by atoms with Gasteiger partial charge < -0.3 is 14.6 Å². The third-order valence-corrected chi connectivity index (χ3v) is 5.38. The average molecular weight is 423 g/mol. The predicted molar refractivity (Wildman–Crippen MR) is 117 cm³/mol. The summed E-state index contributed by atoms with van der Waals surface area (Å²) in [5.74, 6) is -0.975. The molecule has 1 atom stereocenters. The lowest BCUT2D eigenvalue weighted by Gasteiger charge is -2.28. The topological polar surface area (TPSA) is 68.7 Å². The molecule has 162 valence electrons. The molecule has 0 radical (unpaired) electrons. The Hall–Kier alpha value is -2.99. The Morgan fingerprint density at radius 3 is 2.68 bits per heavy atom. The molecular weight excluding hydrogens is 397 g/mol. The molecule has 0 saturated heterocycles. The normalized spacial score (nSPS) is 14.7. The number of para-hydroxylation sites is 1. The first kappa shape index (κ1) is 21.2. The summed E-state index contributed by atoms with van der Waals surface area (Å²) in [5.41, 5.74) is 2.19. The zero-order chi connectivity index (χ0) is 22.3. The van der Waals surface area contributed by atoms with Crippen LogP contribution in [0.25, 0.3) is 22.0 Å². The number of carbonyl (C=O) groups is 1. The molecule has 5 nitrogen and oxygen atoms in total. The van der Waals surface area contributed by atoms with Crippen molar-refractivity contribution in [2.45, 2.75) is 52.2 Å². The van der Waals surface area contributed by atoms with Gasteiger partial charge in [-0.1, -0.05) is 18.2 Å². The lowest BCUT2D eigenvalue weighted by Crippen LogP contribution is -2.28. The number of aromatic nitrogens is 1. The van der Waals surface area contributed by atoms with E-state index in [2.05, 4.69) is 4.98 Å². The van der Waals surface area contributed by atoms with E-state index in [9.17, 15) is 9.90 Å². The maximum Gasteiger partial charge on any atom is 0.337 e. The minimum absolute atomic E-state index is 0.338. The summed E-state index contributed by atoms with van der Waals surface area (Å²) < 4.78 is 27.4. The van der Waals surface area contributed by atoms with Crippen LogP contribution in [0.3, 0.4) is 0 Å². The fourth-order valence-electron chi connectivity index (χ4n) is 4.14. The van der Waals surface area contributed by atoms with Crippen LogP contribution in [0.15, 0.2) is 36.4 Å². The standard InChI is InChI=1S/C25H26FNO4/c1-14-20(23(24(28)29)31-25(2,3)4)21(15-8-5-6-10-18(15)27-14)17-11-12-19-16(22(17)26)9-7-13-30-19/h5-6,8,10-12,23H,7,9,13H2,1-4H3,(H,28,29)/t23-/m0/s1. The number of aryl methyl sites for hydroxylation is 1. The monoisotopic (exact) mass is 423 g/mol. The van der Waals surface area contributed by atoms with E-state index in [1.165, 1.54) is 0 Å². The first-order valence-corrected chi connectivity index (χ1v) is 10.4. The van der Waals surface area contributed by atoms with Crippen LogP contribution in [-0.4, -0.2) is 28.3 Å². The van der Waals surface area contributed by atoms with E-state index in [0.29, 0.717) is 57.6 Å². The summed E-state index contributed by atoms with van der Waals surface area (Å²) in [6.07, 6.45) is 0.0211. The van der Waals surface area contributed by atoms with Gasteiger partial charge in [0.15, 0.2) is 6.10 Å². The zero-order valence-electron chi connectivity index (χ0n) is 18.2. The van der Waals surface area contributed by atoms with Crippen molar-refractivity contribution < 1.29 is 23.8 Å². The highest BCUT2D eigenvalue weighted by Gasteiger charge is 2.33. The van der Waals surface area contributed by atoms with Gasteiger partial charge >= 0.3 is 5.97 Å². The molecule has 0 unspecified atom stereocenters. The summed E-state index contributed by atoms with van der Waals surface area (Å²) in [5, 5.41) is 10.7. The molecule has 0 amide bonds. The van der Waals surface area contributed by atoms with Crippen LogP contribution >= 0.6 is 0 Å². The summed E-state index contributed by atoms with van der Waals surface area (Å²) in [4.78, 5) is 16.9. The van der Waals surface area contributed by atoms with Crippen LogP contribution in [0.1, 0.15) is 50.1 Å². The summed E-state index contributed by atoms with van der Waals surface area (Å²) >= 11 is 0. The maximum absolute atomic E-state index is 15.8. The van der Waals surface area contributed by atoms with Crippen LogP contribution in [0, 0.1) is 12.7 Å². The Morgan fingerprint density at radius 1 is 1.23 bits per heavy atom. The van der Waals surface area contributed by atoms with Gasteiger partial charge in [-0.15, -0.1) is 0 Å². The third-order valence-electron chi connectivity index (χ3n) is 5.38. The van der Waals surface area contributed by atoms with E-state index in [1.807, 2.05) is 24.3 Å². The highest BCUT2D eigenvalue weighted by atomic mass is 19.1. The minimum atomic E-state index is -1.29. The highest BCUT2D eigenvalue weighted by molar-refractivity contribution is 5.99. The summed E-state index contributed by atoms with van der Waals surface area (Å²) in [6, 6.07) is 10.8. The Labute approximate surface area is 180 Å². The van der Waals surface area contributed by atoms with Crippen molar-refractivity contribution in [3.63, 3.8) is 0 Å². The zero-order valence-corrected chi connectivity index (χ0v) is 18.2. The lowest BCUT2D eigenvalue weighted by atomic mass is 9.89. The van der Waals surface area contributed by atoms with Gasteiger partial charge in [-0.25, -0.2) is 9.18 Å². The number of hydrogen-bond donors (Lipinski definition) is 1. The largest absolute Gasteiger partial charge is 0.493 e. The highest BCUT2D eigenvalue weighted by Crippen LogP contribution is 2.42. The fraction of sp³-hybridized carbons (Fsp3) is 0.360. The van der Waals surface area contributed by atoms with E-state index < -0.39 is 17.7 Å². The van der Waals surface area contributed by atoms with Crippen LogP contribution in [-0.2, 0) is 16.0 Å². The van der Waals surface area contributed by atoms with Crippen molar-refractivity contribution in [1.82, 2.24) is 4.98 Å². The van der Waals surface area contributed by atoms with Crippen molar-refractivity contribution in [2.75, 3.05) is 6.61 Å². The lowest BCUT2D eigenvalue weighted by molar-refractivity contribution is -0.160. The predicted octanol–water partition coefficient (Wildman–Crippen LogP) is 5.62. The molecule has 0 bridgehead atoms. The first-order valence-electron chi connectivity index (χ1n) is 10.4. The van der Waals surface area contributed by atoms with Crippen molar-refractivity contribution in [2.24, 2.45) is 0 Å². The van der Waals surface area contributed by atoms with Gasteiger partial charge in [0, 0.05) is 33.3 Å². The number of aliphatic carboxylic acids is 1. The van der Waals surface area contributed by atoms with Gasteiger partial charge in [-0.2, -0.15) is 0 Å². The van der Waals surface area contributed by atoms with Gasteiger partial charge in [0.1, 0.15) is 11.6 Å². The molecule has 2 heterocycles. The Kier molecular flexibility index (Phi) is 5.43. The van der Waals surface area contributed by atoms with Crippen molar-refractivity contribution in [3.8, 4) is 16.9 Å². The van der Waals surface area contributed by atoms with Gasteiger partial charge in [0.2, 0.25) is 0 Å². The number of nitrogens with zero attached hydrogens (tertiary/aromatic N) is 1. The second kappa shape index (κ2) is 7.93. The molecule has 0 saturated carbocycles. The molecule has 31 heavy (non-hydrogen) atoms. The molecule has 0 aliphatic carbocycles. The maximum atomic E-state index is 15.8. The van der Waals surface area contributed by atoms with Crippen LogP contribution in [0.2, 0.25) is 0 Å². The number of hydrogen-bond acceptors (Lipinski definition) is 4. The van der Waals surface area contributed by atoms with E-state index in [1.54, 1.807) is 39.8 Å². The summed E-state index contributed by atoms with van der Waals surface area (Å²) in [6.45, 7) is 7.69. The van der Waals surface area contributed by atoms with Crippen LogP contribution in [0.5, 0.6) is 5.75 Å². The van der Waals surface area contributed by atoms with E-state index in [-0.39, 0.29) is 5.82 Å². The number of halogens is 1. The Morgan fingerprint density at radius 2 is 1.97 bits per heavy atom. The Bertz CT molecular complexity index is 1170. The summed E-state index contributed by atoms with van der Waals surface area (Å²) in [7, 11) is 0. The van der Waals surface area contributed by atoms with Crippen molar-refractivity contribution >= 4 is 16.9 Å². The molecule has 2 aromatic carbocycles. The molecule has 3 aromatic rings. The number of benzene rings is 2. The molecule has 6 heteroatoms. The van der Waals surface area contributed by atoms with Gasteiger partial charge in [-0.3, -0.25) is 4.98 Å². The molecular formula is C25H26FNO4. The number of fused-ring (bicyclic) bond motifs is 2. The molecule has 1 aliphatic rings. The number of carboxylic acids is 1. The van der Waals surface area contributed by atoms with Crippen LogP contribution in [0.4, 0.5) is 4.39 Å². The number of ether oxygens (including phenoxy) is 2. The molecule has 0 spiro atoms. The number of carboxylic acid groups (broad SMARTS) is 1. The molecule has 0 fully saturated rings. The van der Waals surface area contributed by atoms with Gasteiger partial charge in [0.05, 0.1) is 17.7 Å². The smallest absolute Gasteiger partial charge is 0.337 e. The quantitative estimate of drug-likeness (QED) is 0.590. The van der Waals surface area contributed by atoms with E-state index in [0.717, 1.165) is 6.42 Å². The second-order valence-corrected chi connectivity index (χ2v) is 8.81. The fourth-order valence-corrected chi connectivity index (χ4v) is 4.14. The van der Waals surface area contributed by atoms with E-state index in [4.69, 9.17) is 9.47 Å². The molecule has 1 aliphatic heterocycles. The second-order valence-electron chi connectivity index (χ2n) is 8.81. The molecule has 1 aromatic heterocycles. The number of rotatable bonds is 4. The van der Waals surface area contributed by atoms with Gasteiger partial charge in [0.25, 0.3) is 0 Å². The molecule has 4 rings (SSSR count). The first-order chi connectivity index (χ1) is 14.7. The number of pyridine rings is 1. The minimum Gasteiger partial charge on any atom is -0.493 e. The average Bonchev–Trinajstić information content (AvgIpc) is 2.71. The van der Waals surface area contributed by atoms with Gasteiger partial charge in [-0.05, 0) is 58.7 Å². The Balaban J connectivity index is 2.06.